The van der Waals surface area contributed by atoms with Gasteiger partial charge < -0.3 is 15.4 Å². The molecule has 21 heavy (non-hydrogen) atoms. The summed E-state index contributed by atoms with van der Waals surface area (Å²) in [5.74, 6) is -0.0170. The number of anilines is 1. The monoisotopic (exact) mass is 292 g/mol. The van der Waals surface area contributed by atoms with Gasteiger partial charge in [0.05, 0.1) is 6.61 Å². The van der Waals surface area contributed by atoms with Gasteiger partial charge in [0.1, 0.15) is 6.04 Å². The Kier molecular flexibility index (Phi) is 6.21. The molecule has 116 valence electrons. The molecule has 0 fully saturated rings. The van der Waals surface area contributed by atoms with Gasteiger partial charge in [-0.25, -0.2) is 4.79 Å². The minimum absolute atomic E-state index is 0.259. The van der Waals surface area contributed by atoms with Crippen LogP contribution in [0.15, 0.2) is 18.2 Å². The molecule has 0 saturated carbocycles. The van der Waals surface area contributed by atoms with E-state index in [1.54, 1.807) is 6.92 Å². The first-order valence-corrected chi connectivity index (χ1v) is 7.10. The number of ether oxygens (including phenoxy) is 1. The molecule has 1 aromatic carbocycles. The Bertz CT molecular complexity index is 492. The van der Waals surface area contributed by atoms with E-state index < -0.39 is 12.1 Å². The summed E-state index contributed by atoms with van der Waals surface area (Å²) < 4.78 is 4.98. The zero-order valence-electron chi connectivity index (χ0n) is 13.3. The number of carbonyl (C=O) groups is 2. The number of rotatable bonds is 5. The molecule has 0 saturated heterocycles. The van der Waals surface area contributed by atoms with Crippen molar-refractivity contribution in [1.82, 2.24) is 5.32 Å². The van der Waals surface area contributed by atoms with Gasteiger partial charge in [-0.1, -0.05) is 19.9 Å². The highest BCUT2D eigenvalue weighted by Crippen LogP contribution is 2.13. The number of nitrogens with one attached hydrogen (secondary N) is 2. The Morgan fingerprint density at radius 3 is 2.19 bits per heavy atom. The van der Waals surface area contributed by atoms with E-state index in [4.69, 9.17) is 4.74 Å². The summed E-state index contributed by atoms with van der Waals surface area (Å²) in [5, 5.41) is 5.30. The zero-order valence-corrected chi connectivity index (χ0v) is 13.3. The molecule has 0 unspecified atom stereocenters. The number of hydrogen-bond acceptors (Lipinski definition) is 3. The van der Waals surface area contributed by atoms with Crippen molar-refractivity contribution < 1.29 is 14.3 Å². The second-order valence-corrected chi connectivity index (χ2v) is 5.72. The minimum atomic E-state index is -0.662. The summed E-state index contributed by atoms with van der Waals surface area (Å²) >= 11 is 0. The van der Waals surface area contributed by atoms with E-state index in [1.165, 1.54) is 0 Å². The third-order valence-corrected chi connectivity index (χ3v) is 2.76. The van der Waals surface area contributed by atoms with Crippen LogP contribution in [-0.2, 0) is 9.53 Å². The molecule has 2 N–H and O–H groups in total. The lowest BCUT2D eigenvalue weighted by Crippen LogP contribution is -2.42. The van der Waals surface area contributed by atoms with E-state index in [0.717, 1.165) is 16.8 Å². The maximum Gasteiger partial charge on any atom is 0.407 e. The molecule has 0 bridgehead atoms. The van der Waals surface area contributed by atoms with Crippen molar-refractivity contribution in [3.8, 4) is 0 Å². The van der Waals surface area contributed by atoms with Crippen LogP contribution in [-0.4, -0.2) is 24.6 Å². The molecule has 0 aliphatic heterocycles. The van der Waals surface area contributed by atoms with Crippen molar-refractivity contribution in [2.45, 2.75) is 40.7 Å². The van der Waals surface area contributed by atoms with Crippen LogP contribution in [0.25, 0.3) is 0 Å². The van der Waals surface area contributed by atoms with Crippen molar-refractivity contribution in [1.29, 1.82) is 0 Å². The first-order chi connectivity index (χ1) is 9.77. The Balaban J connectivity index is 2.52. The van der Waals surface area contributed by atoms with Crippen LogP contribution in [0.3, 0.4) is 0 Å². The standard InChI is InChI=1S/C16H24N2O3/c1-10(2)9-21-16(20)17-13(5)15(19)18-14-7-11(3)6-12(4)8-14/h6-8,10,13H,9H2,1-5H3,(H,17,20)(H,18,19)/t13-/m0/s1. The van der Waals surface area contributed by atoms with Gasteiger partial charge in [0.15, 0.2) is 0 Å². The maximum absolute atomic E-state index is 12.0. The van der Waals surface area contributed by atoms with Crippen molar-refractivity contribution in [2.24, 2.45) is 5.92 Å². The van der Waals surface area contributed by atoms with Crippen molar-refractivity contribution >= 4 is 17.7 Å². The third-order valence-electron chi connectivity index (χ3n) is 2.76. The Hall–Kier alpha value is -2.04. The summed E-state index contributed by atoms with van der Waals surface area (Å²) in [5.41, 5.74) is 2.87. The van der Waals surface area contributed by atoms with E-state index in [9.17, 15) is 9.59 Å². The lowest BCUT2D eigenvalue weighted by Gasteiger charge is -2.15. The Morgan fingerprint density at radius 2 is 1.67 bits per heavy atom. The summed E-state index contributed by atoms with van der Waals surface area (Å²) in [7, 11) is 0. The second-order valence-electron chi connectivity index (χ2n) is 5.72. The van der Waals surface area contributed by atoms with Crippen LogP contribution in [0.4, 0.5) is 10.5 Å². The molecule has 0 radical (unpaired) electrons. The summed E-state index contributed by atoms with van der Waals surface area (Å²) in [6.07, 6.45) is -0.577. The topological polar surface area (TPSA) is 67.4 Å². The largest absolute Gasteiger partial charge is 0.449 e. The van der Waals surface area contributed by atoms with Crippen LogP contribution >= 0.6 is 0 Å². The highest BCUT2D eigenvalue weighted by atomic mass is 16.5. The van der Waals surface area contributed by atoms with Crippen LogP contribution < -0.4 is 10.6 Å². The average Bonchev–Trinajstić information content (AvgIpc) is 2.34. The molecule has 0 aromatic heterocycles. The van der Waals surface area contributed by atoms with E-state index in [0.29, 0.717) is 6.61 Å². The number of carbonyl (C=O) groups excluding carboxylic acids is 2. The maximum atomic E-state index is 12.0. The van der Waals surface area contributed by atoms with E-state index in [-0.39, 0.29) is 11.8 Å². The van der Waals surface area contributed by atoms with E-state index >= 15 is 0 Å². The molecular formula is C16H24N2O3. The van der Waals surface area contributed by atoms with E-state index in [2.05, 4.69) is 10.6 Å². The van der Waals surface area contributed by atoms with Crippen molar-refractivity contribution in [2.75, 3.05) is 11.9 Å². The SMILES string of the molecule is Cc1cc(C)cc(NC(=O)[C@H](C)NC(=O)OCC(C)C)c1. The molecular weight excluding hydrogens is 268 g/mol. The molecule has 1 rings (SSSR count). The predicted octanol–water partition coefficient (Wildman–Crippen LogP) is 3.01. The fraction of sp³-hybridized carbons (Fsp3) is 0.500. The normalized spacial score (nSPS) is 11.9. The lowest BCUT2D eigenvalue weighted by atomic mass is 10.1. The fourth-order valence-corrected chi connectivity index (χ4v) is 1.82. The quantitative estimate of drug-likeness (QED) is 0.876. The van der Waals surface area contributed by atoms with Crippen molar-refractivity contribution in [3.05, 3.63) is 29.3 Å². The number of hydrogen-bond donors (Lipinski definition) is 2. The molecule has 0 aliphatic carbocycles. The van der Waals surface area contributed by atoms with Crippen LogP contribution in [0.5, 0.6) is 0 Å². The summed E-state index contributed by atoms with van der Waals surface area (Å²) in [4.78, 5) is 23.5. The molecule has 0 aliphatic rings. The molecule has 1 atom stereocenters. The summed E-state index contributed by atoms with van der Waals surface area (Å²) in [6, 6.07) is 5.13. The minimum Gasteiger partial charge on any atom is -0.449 e. The van der Waals surface area contributed by atoms with Gasteiger partial charge in [-0.05, 0) is 49.9 Å². The molecule has 5 heteroatoms. The fourth-order valence-electron chi connectivity index (χ4n) is 1.82. The second kappa shape index (κ2) is 7.67. The van der Waals surface area contributed by atoms with Gasteiger partial charge in [0.25, 0.3) is 0 Å². The number of aryl methyl sites for hydroxylation is 2. The predicted molar refractivity (Wildman–Crippen MR) is 83.3 cm³/mol. The van der Waals surface area contributed by atoms with Crippen LogP contribution in [0.2, 0.25) is 0 Å². The first-order valence-electron chi connectivity index (χ1n) is 7.10. The van der Waals surface area contributed by atoms with Gasteiger partial charge in [0.2, 0.25) is 5.91 Å². The number of amides is 2. The Labute approximate surface area is 126 Å². The molecule has 0 spiro atoms. The molecule has 0 heterocycles. The Morgan fingerprint density at radius 1 is 1.10 bits per heavy atom. The highest BCUT2D eigenvalue weighted by Gasteiger charge is 2.16. The highest BCUT2D eigenvalue weighted by molar-refractivity contribution is 5.96. The van der Waals surface area contributed by atoms with Gasteiger partial charge in [0, 0.05) is 5.69 Å². The average molecular weight is 292 g/mol. The van der Waals surface area contributed by atoms with Gasteiger partial charge in [-0.3, -0.25) is 4.79 Å². The smallest absolute Gasteiger partial charge is 0.407 e. The van der Waals surface area contributed by atoms with Crippen LogP contribution in [0.1, 0.15) is 31.9 Å². The molecule has 1 aromatic rings. The number of benzene rings is 1. The third kappa shape index (κ3) is 6.29. The zero-order chi connectivity index (χ0) is 16.0. The van der Waals surface area contributed by atoms with Crippen LogP contribution in [0, 0.1) is 19.8 Å². The van der Waals surface area contributed by atoms with Crippen molar-refractivity contribution in [3.63, 3.8) is 0 Å². The molecule has 5 nitrogen and oxygen atoms in total. The lowest BCUT2D eigenvalue weighted by molar-refractivity contribution is -0.117. The summed E-state index contributed by atoms with van der Waals surface area (Å²) in [6.45, 7) is 9.78. The first kappa shape index (κ1) is 17.0. The van der Waals surface area contributed by atoms with E-state index in [1.807, 2.05) is 45.9 Å². The van der Waals surface area contributed by atoms with Gasteiger partial charge in [-0.15, -0.1) is 0 Å². The molecule has 2 amide bonds. The van der Waals surface area contributed by atoms with Gasteiger partial charge >= 0.3 is 6.09 Å². The van der Waals surface area contributed by atoms with Gasteiger partial charge in [-0.2, -0.15) is 0 Å². The number of alkyl carbamates (subject to hydrolysis) is 1.